The molecule has 1 saturated heterocycles. The maximum absolute atomic E-state index is 12.7. The summed E-state index contributed by atoms with van der Waals surface area (Å²) in [6.45, 7) is 1.10. The van der Waals surface area contributed by atoms with E-state index in [1.165, 1.54) is 28.6 Å². The quantitative estimate of drug-likeness (QED) is 0.853. The van der Waals surface area contributed by atoms with Crippen molar-refractivity contribution in [3.8, 4) is 0 Å². The SMILES string of the molecule is Nc1cc2cc(S(=O)(=O)N3CCCCCC3)ccc2oc1=O. The van der Waals surface area contributed by atoms with Crippen molar-refractivity contribution < 1.29 is 12.8 Å². The Morgan fingerprint density at radius 1 is 1.05 bits per heavy atom. The number of nitrogens with two attached hydrogens (primary N) is 1. The van der Waals surface area contributed by atoms with Gasteiger partial charge in [-0.05, 0) is 37.1 Å². The molecule has 2 aromatic rings. The van der Waals surface area contributed by atoms with E-state index in [4.69, 9.17) is 10.2 Å². The lowest BCUT2D eigenvalue weighted by Crippen LogP contribution is -2.31. The Balaban J connectivity index is 2.04. The Labute approximate surface area is 128 Å². The Hall–Kier alpha value is -1.86. The molecule has 0 unspecified atom stereocenters. The highest BCUT2D eigenvalue weighted by atomic mass is 32.2. The van der Waals surface area contributed by atoms with Crippen molar-refractivity contribution in [2.24, 2.45) is 0 Å². The second-order valence-corrected chi connectivity index (χ2v) is 7.45. The number of nitrogen functional groups attached to an aromatic ring is 1. The van der Waals surface area contributed by atoms with Gasteiger partial charge in [-0.25, -0.2) is 13.2 Å². The number of hydrogen-bond donors (Lipinski definition) is 1. The van der Waals surface area contributed by atoms with Crippen LogP contribution in [0.3, 0.4) is 0 Å². The predicted molar refractivity (Wildman–Crippen MR) is 84.1 cm³/mol. The molecule has 0 spiro atoms. The number of rotatable bonds is 2. The summed E-state index contributed by atoms with van der Waals surface area (Å²) >= 11 is 0. The van der Waals surface area contributed by atoms with Crippen LogP contribution in [0.15, 0.2) is 38.4 Å². The first kappa shape index (κ1) is 15.1. The number of sulfonamides is 1. The average Bonchev–Trinajstić information content (AvgIpc) is 2.77. The zero-order valence-electron chi connectivity index (χ0n) is 12.1. The third-order valence-electron chi connectivity index (χ3n) is 3.93. The molecule has 1 aromatic carbocycles. The van der Waals surface area contributed by atoms with Crippen molar-refractivity contribution >= 4 is 26.7 Å². The number of anilines is 1. The zero-order valence-corrected chi connectivity index (χ0v) is 12.9. The molecular formula is C15H18N2O4S. The summed E-state index contributed by atoms with van der Waals surface area (Å²) in [4.78, 5) is 11.6. The molecule has 0 atom stereocenters. The zero-order chi connectivity index (χ0) is 15.7. The number of benzene rings is 1. The van der Waals surface area contributed by atoms with Crippen molar-refractivity contribution in [2.75, 3.05) is 18.8 Å². The molecule has 1 aliphatic rings. The van der Waals surface area contributed by atoms with E-state index in [1.54, 1.807) is 0 Å². The van der Waals surface area contributed by atoms with Crippen molar-refractivity contribution in [1.29, 1.82) is 0 Å². The van der Waals surface area contributed by atoms with Gasteiger partial charge in [-0.15, -0.1) is 0 Å². The second kappa shape index (κ2) is 5.73. The van der Waals surface area contributed by atoms with E-state index < -0.39 is 15.6 Å². The standard InChI is InChI=1S/C15H18N2O4S/c16-13-10-11-9-12(5-6-14(11)21-15(13)18)22(19,20)17-7-3-1-2-4-8-17/h5-6,9-10H,1-4,7-8,16H2. The van der Waals surface area contributed by atoms with Crippen LogP contribution in [0.2, 0.25) is 0 Å². The van der Waals surface area contributed by atoms with Gasteiger partial charge in [0.2, 0.25) is 10.0 Å². The van der Waals surface area contributed by atoms with Crippen molar-refractivity contribution in [1.82, 2.24) is 4.31 Å². The third-order valence-corrected chi connectivity index (χ3v) is 5.83. The first-order valence-electron chi connectivity index (χ1n) is 7.32. The molecule has 6 nitrogen and oxygen atoms in total. The fourth-order valence-electron chi connectivity index (χ4n) is 2.71. The highest BCUT2D eigenvalue weighted by Gasteiger charge is 2.25. The molecule has 1 aromatic heterocycles. The minimum absolute atomic E-state index is 0.0307. The summed E-state index contributed by atoms with van der Waals surface area (Å²) < 4.78 is 32.0. The van der Waals surface area contributed by atoms with Crippen LogP contribution < -0.4 is 11.4 Å². The number of hydrogen-bond acceptors (Lipinski definition) is 5. The Morgan fingerprint density at radius 2 is 1.73 bits per heavy atom. The van der Waals surface area contributed by atoms with Gasteiger partial charge < -0.3 is 10.2 Å². The lowest BCUT2D eigenvalue weighted by molar-refractivity contribution is 0.424. The molecule has 2 N–H and O–H groups in total. The molecule has 3 rings (SSSR count). The molecular weight excluding hydrogens is 304 g/mol. The van der Waals surface area contributed by atoms with Crippen molar-refractivity contribution in [3.63, 3.8) is 0 Å². The number of nitrogens with zero attached hydrogens (tertiary/aromatic N) is 1. The summed E-state index contributed by atoms with van der Waals surface area (Å²) in [5.41, 5.74) is 5.22. The smallest absolute Gasteiger partial charge is 0.359 e. The van der Waals surface area contributed by atoms with Gasteiger partial charge in [0.15, 0.2) is 0 Å². The summed E-state index contributed by atoms with van der Waals surface area (Å²) in [6, 6.07) is 5.93. The van der Waals surface area contributed by atoms with Crippen molar-refractivity contribution in [3.05, 3.63) is 34.7 Å². The van der Waals surface area contributed by atoms with Crippen LogP contribution in [0.4, 0.5) is 5.69 Å². The van der Waals surface area contributed by atoms with E-state index in [0.29, 0.717) is 24.1 Å². The first-order valence-corrected chi connectivity index (χ1v) is 8.76. The Bertz CT molecular complexity index is 849. The van der Waals surface area contributed by atoms with Gasteiger partial charge in [0.05, 0.1) is 4.90 Å². The van der Waals surface area contributed by atoms with E-state index >= 15 is 0 Å². The summed E-state index contributed by atoms with van der Waals surface area (Å²) in [6.07, 6.45) is 3.89. The van der Waals surface area contributed by atoms with Gasteiger partial charge in [0.25, 0.3) is 0 Å². The fraction of sp³-hybridized carbons (Fsp3) is 0.400. The van der Waals surface area contributed by atoms with E-state index in [2.05, 4.69) is 0 Å². The molecule has 2 heterocycles. The molecule has 1 fully saturated rings. The third kappa shape index (κ3) is 2.74. The molecule has 1 aliphatic heterocycles. The molecule has 118 valence electrons. The van der Waals surface area contributed by atoms with Crippen LogP contribution >= 0.6 is 0 Å². The van der Waals surface area contributed by atoms with Gasteiger partial charge in [-0.3, -0.25) is 0 Å². The Kier molecular flexibility index (Phi) is 3.92. The number of fused-ring (bicyclic) bond motifs is 1. The van der Waals surface area contributed by atoms with Crippen LogP contribution in [0.1, 0.15) is 25.7 Å². The largest absolute Gasteiger partial charge is 0.421 e. The minimum atomic E-state index is -3.53. The van der Waals surface area contributed by atoms with E-state index in [9.17, 15) is 13.2 Å². The normalized spacial score (nSPS) is 17.5. The molecule has 0 bridgehead atoms. The monoisotopic (exact) mass is 322 g/mol. The van der Waals surface area contributed by atoms with Gasteiger partial charge in [-0.1, -0.05) is 12.8 Å². The lowest BCUT2D eigenvalue weighted by atomic mass is 10.2. The van der Waals surface area contributed by atoms with Crippen LogP contribution in [-0.2, 0) is 10.0 Å². The van der Waals surface area contributed by atoms with Gasteiger partial charge in [0, 0.05) is 18.5 Å². The van der Waals surface area contributed by atoms with Crippen LogP contribution in [0.25, 0.3) is 11.0 Å². The Morgan fingerprint density at radius 3 is 2.41 bits per heavy atom. The van der Waals surface area contributed by atoms with Gasteiger partial charge in [-0.2, -0.15) is 4.31 Å². The molecule has 22 heavy (non-hydrogen) atoms. The minimum Gasteiger partial charge on any atom is -0.421 e. The van der Waals surface area contributed by atoms with E-state index in [0.717, 1.165) is 25.7 Å². The maximum atomic E-state index is 12.7. The topological polar surface area (TPSA) is 93.6 Å². The fourth-order valence-corrected chi connectivity index (χ4v) is 4.26. The summed E-state index contributed by atoms with van der Waals surface area (Å²) in [5.74, 6) is 0. The molecule has 7 heteroatoms. The van der Waals surface area contributed by atoms with E-state index in [-0.39, 0.29) is 10.6 Å². The molecule has 0 saturated carbocycles. The van der Waals surface area contributed by atoms with Crippen molar-refractivity contribution in [2.45, 2.75) is 30.6 Å². The summed E-state index contributed by atoms with van der Waals surface area (Å²) in [7, 11) is -3.53. The maximum Gasteiger partial charge on any atom is 0.359 e. The lowest BCUT2D eigenvalue weighted by Gasteiger charge is -2.20. The van der Waals surface area contributed by atoms with Gasteiger partial charge in [0.1, 0.15) is 11.3 Å². The molecule has 0 amide bonds. The van der Waals surface area contributed by atoms with Crippen LogP contribution in [-0.4, -0.2) is 25.8 Å². The predicted octanol–water partition coefficient (Wildman–Crippen LogP) is 1.94. The highest BCUT2D eigenvalue weighted by molar-refractivity contribution is 7.89. The average molecular weight is 322 g/mol. The second-order valence-electron chi connectivity index (χ2n) is 5.51. The van der Waals surface area contributed by atoms with Crippen LogP contribution in [0.5, 0.6) is 0 Å². The molecule has 0 radical (unpaired) electrons. The highest BCUT2D eigenvalue weighted by Crippen LogP contribution is 2.24. The van der Waals surface area contributed by atoms with E-state index in [1.807, 2.05) is 0 Å². The first-order chi connectivity index (χ1) is 10.5. The van der Waals surface area contributed by atoms with Gasteiger partial charge >= 0.3 is 5.63 Å². The van der Waals surface area contributed by atoms with Crippen LogP contribution in [0, 0.1) is 0 Å². The summed E-state index contributed by atoms with van der Waals surface area (Å²) in [5, 5.41) is 0.507. The molecule has 0 aliphatic carbocycles.